The first-order valence-corrected chi connectivity index (χ1v) is 6.03. The lowest BCUT2D eigenvalue weighted by Gasteiger charge is -2.39. The van der Waals surface area contributed by atoms with E-state index in [9.17, 15) is 20.1 Å². The lowest BCUT2D eigenvalue weighted by molar-refractivity contribution is -0.304. The van der Waals surface area contributed by atoms with E-state index < -0.39 is 37.3 Å². The standard InChI is InChI=1S/C12H16O8/c13-3-6-1-2-7(19-6)5-18-12-11(17)10(16)9(15)8(4-14)20-12/h1-3,8-12,14-17H,4-5H2/t8-,9-,10+,11-,12+/m1/s1. The first-order chi connectivity index (χ1) is 9.56. The van der Waals surface area contributed by atoms with Crippen LogP contribution >= 0.6 is 0 Å². The number of carbonyl (C=O) groups is 1. The number of hydrogen-bond acceptors (Lipinski definition) is 8. The molecule has 8 nitrogen and oxygen atoms in total. The molecule has 0 saturated carbocycles. The Kier molecular flexibility index (Phi) is 4.86. The molecule has 1 aliphatic heterocycles. The first kappa shape index (κ1) is 15.1. The van der Waals surface area contributed by atoms with Crippen molar-refractivity contribution in [2.45, 2.75) is 37.3 Å². The van der Waals surface area contributed by atoms with E-state index in [0.717, 1.165) is 0 Å². The molecule has 0 spiro atoms. The summed E-state index contributed by atoms with van der Waals surface area (Å²) in [5, 5.41) is 37.9. The highest BCUT2D eigenvalue weighted by Crippen LogP contribution is 2.23. The molecule has 112 valence electrons. The van der Waals surface area contributed by atoms with Gasteiger partial charge < -0.3 is 34.3 Å². The number of aliphatic hydroxyl groups excluding tert-OH is 4. The Labute approximate surface area is 114 Å². The summed E-state index contributed by atoms with van der Waals surface area (Å²) in [5.74, 6) is 0.474. The van der Waals surface area contributed by atoms with Gasteiger partial charge in [0.05, 0.1) is 6.61 Å². The van der Waals surface area contributed by atoms with Gasteiger partial charge in [0, 0.05) is 0 Å². The molecule has 1 saturated heterocycles. The molecular formula is C12H16O8. The van der Waals surface area contributed by atoms with Gasteiger partial charge in [-0.2, -0.15) is 0 Å². The maximum absolute atomic E-state index is 10.5. The van der Waals surface area contributed by atoms with Crippen LogP contribution in [0.15, 0.2) is 16.5 Å². The fourth-order valence-corrected chi connectivity index (χ4v) is 1.90. The van der Waals surface area contributed by atoms with Gasteiger partial charge in [0.2, 0.25) is 0 Å². The van der Waals surface area contributed by atoms with Crippen LogP contribution in [0.5, 0.6) is 0 Å². The van der Waals surface area contributed by atoms with Crippen LogP contribution in [-0.4, -0.2) is 64.0 Å². The molecule has 8 heteroatoms. The van der Waals surface area contributed by atoms with Crippen molar-refractivity contribution in [3.05, 3.63) is 23.7 Å². The summed E-state index contributed by atoms with van der Waals surface area (Å²) in [6.45, 7) is -0.628. The van der Waals surface area contributed by atoms with E-state index in [1.54, 1.807) is 0 Å². The molecule has 1 aliphatic rings. The van der Waals surface area contributed by atoms with Crippen LogP contribution in [0.1, 0.15) is 16.3 Å². The summed E-state index contributed by atoms with van der Waals surface area (Å²) >= 11 is 0. The molecular weight excluding hydrogens is 272 g/mol. The largest absolute Gasteiger partial charge is 0.456 e. The Morgan fingerprint density at radius 2 is 1.95 bits per heavy atom. The number of aldehydes is 1. The molecule has 2 rings (SSSR count). The molecule has 0 amide bonds. The third-order valence-corrected chi connectivity index (χ3v) is 3.04. The quantitative estimate of drug-likeness (QED) is 0.477. The molecule has 0 unspecified atom stereocenters. The zero-order valence-corrected chi connectivity index (χ0v) is 10.5. The van der Waals surface area contributed by atoms with E-state index in [1.807, 2.05) is 0 Å². The average molecular weight is 288 g/mol. The van der Waals surface area contributed by atoms with Crippen LogP contribution in [0, 0.1) is 0 Å². The van der Waals surface area contributed by atoms with Crippen molar-refractivity contribution in [2.24, 2.45) is 0 Å². The molecule has 1 aromatic heterocycles. The summed E-state index contributed by atoms with van der Waals surface area (Å²) in [6.07, 6.45) is -6.10. The van der Waals surface area contributed by atoms with E-state index in [0.29, 0.717) is 12.0 Å². The lowest BCUT2D eigenvalue weighted by atomic mass is 9.99. The van der Waals surface area contributed by atoms with E-state index in [4.69, 9.17) is 19.0 Å². The minimum atomic E-state index is -1.49. The van der Waals surface area contributed by atoms with Crippen LogP contribution in [0.4, 0.5) is 0 Å². The van der Waals surface area contributed by atoms with Gasteiger partial charge in [0.1, 0.15) is 36.8 Å². The molecule has 1 fully saturated rings. The van der Waals surface area contributed by atoms with Crippen LogP contribution in [0.25, 0.3) is 0 Å². The monoisotopic (exact) mass is 288 g/mol. The second-order valence-corrected chi connectivity index (χ2v) is 4.43. The second-order valence-electron chi connectivity index (χ2n) is 4.43. The Morgan fingerprint density at radius 3 is 2.55 bits per heavy atom. The first-order valence-electron chi connectivity index (χ1n) is 6.03. The van der Waals surface area contributed by atoms with Crippen LogP contribution in [-0.2, 0) is 16.1 Å². The topological polar surface area (TPSA) is 130 Å². The highest BCUT2D eigenvalue weighted by Gasteiger charge is 2.44. The SMILES string of the molecule is O=Cc1ccc(CO[C@H]2O[C@H](CO)[C@@H](O)[C@H](O)[C@H]2O)o1. The van der Waals surface area contributed by atoms with Crippen molar-refractivity contribution in [1.29, 1.82) is 0 Å². The maximum atomic E-state index is 10.5. The number of aliphatic hydroxyl groups is 4. The summed E-state index contributed by atoms with van der Waals surface area (Å²) < 4.78 is 15.4. The van der Waals surface area contributed by atoms with Crippen molar-refractivity contribution < 1.29 is 39.1 Å². The Morgan fingerprint density at radius 1 is 1.20 bits per heavy atom. The third kappa shape index (κ3) is 3.06. The highest BCUT2D eigenvalue weighted by atomic mass is 16.7. The van der Waals surface area contributed by atoms with Crippen molar-refractivity contribution in [1.82, 2.24) is 0 Å². The minimum Gasteiger partial charge on any atom is -0.456 e. The van der Waals surface area contributed by atoms with E-state index >= 15 is 0 Å². The number of carbonyl (C=O) groups excluding carboxylic acids is 1. The van der Waals surface area contributed by atoms with E-state index in [1.165, 1.54) is 12.1 Å². The van der Waals surface area contributed by atoms with Crippen LogP contribution in [0.3, 0.4) is 0 Å². The van der Waals surface area contributed by atoms with Gasteiger partial charge in [-0.25, -0.2) is 0 Å². The molecule has 20 heavy (non-hydrogen) atoms. The van der Waals surface area contributed by atoms with E-state index in [2.05, 4.69) is 0 Å². The number of hydrogen-bond donors (Lipinski definition) is 4. The maximum Gasteiger partial charge on any atom is 0.187 e. The average Bonchev–Trinajstić information content (AvgIpc) is 2.92. The molecule has 4 N–H and O–H groups in total. The summed E-state index contributed by atoms with van der Waals surface area (Å²) in [4.78, 5) is 10.5. The molecule has 2 heterocycles. The third-order valence-electron chi connectivity index (χ3n) is 3.04. The number of furan rings is 1. The predicted octanol–water partition coefficient (Wildman–Crippen LogP) is -1.59. The van der Waals surface area contributed by atoms with E-state index in [-0.39, 0.29) is 12.4 Å². The number of ether oxygens (including phenoxy) is 2. The summed E-state index contributed by atoms with van der Waals surface area (Å²) in [7, 11) is 0. The zero-order chi connectivity index (χ0) is 14.7. The molecule has 0 radical (unpaired) electrons. The Hall–Kier alpha value is -1.29. The Bertz CT molecular complexity index is 442. The van der Waals surface area contributed by atoms with Gasteiger partial charge in [-0.1, -0.05) is 0 Å². The zero-order valence-electron chi connectivity index (χ0n) is 10.5. The van der Waals surface area contributed by atoms with Gasteiger partial charge in [0.25, 0.3) is 0 Å². The predicted molar refractivity (Wildman–Crippen MR) is 62.7 cm³/mol. The fraction of sp³-hybridized carbons (Fsp3) is 0.583. The fourth-order valence-electron chi connectivity index (χ4n) is 1.90. The number of rotatable bonds is 5. The normalized spacial score (nSPS) is 34.1. The van der Waals surface area contributed by atoms with Crippen molar-refractivity contribution in [3.8, 4) is 0 Å². The van der Waals surface area contributed by atoms with Gasteiger partial charge in [-0.3, -0.25) is 4.79 Å². The summed E-state index contributed by atoms with van der Waals surface area (Å²) in [5.41, 5.74) is 0. The van der Waals surface area contributed by atoms with Crippen molar-refractivity contribution in [3.63, 3.8) is 0 Å². The van der Waals surface area contributed by atoms with Crippen molar-refractivity contribution >= 4 is 6.29 Å². The van der Waals surface area contributed by atoms with Gasteiger partial charge >= 0.3 is 0 Å². The van der Waals surface area contributed by atoms with Crippen molar-refractivity contribution in [2.75, 3.05) is 6.61 Å². The lowest BCUT2D eigenvalue weighted by Crippen LogP contribution is -2.59. The van der Waals surface area contributed by atoms with Crippen LogP contribution < -0.4 is 0 Å². The molecule has 0 bridgehead atoms. The van der Waals surface area contributed by atoms with Gasteiger partial charge in [-0.15, -0.1) is 0 Å². The molecule has 5 atom stereocenters. The van der Waals surface area contributed by atoms with Gasteiger partial charge in [-0.05, 0) is 12.1 Å². The smallest absolute Gasteiger partial charge is 0.187 e. The highest BCUT2D eigenvalue weighted by molar-refractivity contribution is 5.70. The molecule has 1 aromatic rings. The Balaban J connectivity index is 1.95. The second kappa shape index (κ2) is 6.44. The minimum absolute atomic E-state index is 0.101. The summed E-state index contributed by atoms with van der Waals surface area (Å²) in [6, 6.07) is 2.98. The van der Waals surface area contributed by atoms with Gasteiger partial charge in [0.15, 0.2) is 18.3 Å². The molecule has 0 aromatic carbocycles. The van der Waals surface area contributed by atoms with Crippen LogP contribution in [0.2, 0.25) is 0 Å². The molecule has 0 aliphatic carbocycles.